The van der Waals surface area contributed by atoms with E-state index in [0.717, 1.165) is 18.5 Å². The van der Waals surface area contributed by atoms with Gasteiger partial charge in [0.15, 0.2) is 4.77 Å². The molecule has 0 aromatic carbocycles. The second-order valence-electron chi connectivity index (χ2n) is 4.42. The van der Waals surface area contributed by atoms with Crippen molar-refractivity contribution in [2.75, 3.05) is 0 Å². The maximum Gasteiger partial charge on any atom is 0.177 e. The fraction of sp³-hybridized carbons (Fsp3) is 0.727. The normalized spacial score (nSPS) is 20.4. The molecule has 1 saturated carbocycles. The molecule has 15 heavy (non-hydrogen) atoms. The summed E-state index contributed by atoms with van der Waals surface area (Å²) in [5, 5.41) is 10.3. The van der Waals surface area contributed by atoms with Crippen LogP contribution >= 0.6 is 12.2 Å². The van der Waals surface area contributed by atoms with Gasteiger partial charge in [-0.2, -0.15) is 0 Å². The van der Waals surface area contributed by atoms with Gasteiger partial charge in [-0.1, -0.05) is 19.3 Å². The number of aromatic amines is 1. The van der Waals surface area contributed by atoms with Crippen LogP contribution in [0.4, 0.5) is 0 Å². The van der Waals surface area contributed by atoms with Gasteiger partial charge < -0.3 is 14.7 Å². The van der Waals surface area contributed by atoms with E-state index in [4.69, 9.17) is 12.2 Å². The van der Waals surface area contributed by atoms with E-state index in [9.17, 15) is 5.11 Å². The van der Waals surface area contributed by atoms with Crippen LogP contribution in [0, 0.1) is 10.7 Å². The van der Waals surface area contributed by atoms with Crippen molar-refractivity contribution in [1.82, 2.24) is 9.55 Å². The van der Waals surface area contributed by atoms with E-state index in [0.29, 0.717) is 10.7 Å². The molecule has 0 spiro atoms. The van der Waals surface area contributed by atoms with Crippen LogP contribution in [-0.4, -0.2) is 14.7 Å². The van der Waals surface area contributed by atoms with Gasteiger partial charge in [0.2, 0.25) is 0 Å². The van der Waals surface area contributed by atoms with Crippen LogP contribution in [0.2, 0.25) is 0 Å². The SMILES string of the molecule is Cn1c(C(O)C2CCCCC2)c[nH]c1=S. The summed E-state index contributed by atoms with van der Waals surface area (Å²) in [6, 6.07) is 0. The van der Waals surface area contributed by atoms with Crippen LogP contribution in [-0.2, 0) is 7.05 Å². The molecule has 0 aliphatic heterocycles. The number of hydrogen-bond donors (Lipinski definition) is 2. The minimum Gasteiger partial charge on any atom is -0.387 e. The highest BCUT2D eigenvalue weighted by Crippen LogP contribution is 2.33. The Morgan fingerprint density at radius 2 is 2.13 bits per heavy atom. The Balaban J connectivity index is 2.15. The number of aliphatic hydroxyl groups is 1. The zero-order valence-electron chi connectivity index (χ0n) is 9.07. The molecule has 1 aromatic rings. The number of aliphatic hydroxyl groups excluding tert-OH is 1. The van der Waals surface area contributed by atoms with Crippen LogP contribution in [0.3, 0.4) is 0 Å². The van der Waals surface area contributed by atoms with Gasteiger partial charge in [-0.15, -0.1) is 0 Å². The molecule has 1 atom stereocenters. The van der Waals surface area contributed by atoms with E-state index < -0.39 is 0 Å². The lowest BCUT2D eigenvalue weighted by molar-refractivity contribution is 0.0786. The fourth-order valence-electron chi connectivity index (χ4n) is 2.42. The number of H-pyrrole nitrogens is 1. The zero-order valence-corrected chi connectivity index (χ0v) is 9.89. The maximum absolute atomic E-state index is 10.3. The van der Waals surface area contributed by atoms with E-state index in [2.05, 4.69) is 4.98 Å². The molecule has 1 aliphatic carbocycles. The summed E-state index contributed by atoms with van der Waals surface area (Å²) >= 11 is 5.09. The van der Waals surface area contributed by atoms with Crippen LogP contribution in [0.1, 0.15) is 43.9 Å². The summed E-state index contributed by atoms with van der Waals surface area (Å²) in [6.07, 6.45) is 7.56. The molecule has 1 aliphatic rings. The van der Waals surface area contributed by atoms with Crippen molar-refractivity contribution in [3.05, 3.63) is 16.7 Å². The highest BCUT2D eigenvalue weighted by molar-refractivity contribution is 7.71. The van der Waals surface area contributed by atoms with Gasteiger partial charge in [-0.3, -0.25) is 0 Å². The summed E-state index contributed by atoms with van der Waals surface area (Å²) in [5.74, 6) is 0.412. The molecule has 84 valence electrons. The molecule has 0 amide bonds. The van der Waals surface area contributed by atoms with Crippen molar-refractivity contribution in [3.63, 3.8) is 0 Å². The third kappa shape index (κ3) is 2.16. The molecular weight excluding hydrogens is 208 g/mol. The molecular formula is C11H18N2OS. The fourth-order valence-corrected chi connectivity index (χ4v) is 2.59. The molecule has 2 rings (SSSR count). The maximum atomic E-state index is 10.3. The lowest BCUT2D eigenvalue weighted by Crippen LogP contribution is -2.18. The molecule has 0 saturated heterocycles. The highest BCUT2D eigenvalue weighted by Gasteiger charge is 2.24. The first kappa shape index (κ1) is 10.9. The van der Waals surface area contributed by atoms with Gasteiger partial charge in [-0.25, -0.2) is 0 Å². The topological polar surface area (TPSA) is 41.0 Å². The Hall–Kier alpha value is -0.610. The van der Waals surface area contributed by atoms with Crippen molar-refractivity contribution in [3.8, 4) is 0 Å². The standard InChI is InChI=1S/C11H18N2OS/c1-13-9(7-12-11(13)15)10(14)8-5-3-2-4-6-8/h7-8,10,14H,2-6H2,1H3,(H,12,15). The van der Waals surface area contributed by atoms with Gasteiger partial charge in [0.1, 0.15) is 0 Å². The van der Waals surface area contributed by atoms with Crippen molar-refractivity contribution < 1.29 is 5.11 Å². The number of nitrogens with one attached hydrogen (secondary N) is 1. The van der Waals surface area contributed by atoms with Crippen LogP contribution in [0.5, 0.6) is 0 Å². The molecule has 2 N–H and O–H groups in total. The molecule has 1 unspecified atom stereocenters. The third-order valence-corrected chi connectivity index (χ3v) is 3.83. The van der Waals surface area contributed by atoms with Gasteiger partial charge in [-0.05, 0) is 31.0 Å². The smallest absolute Gasteiger partial charge is 0.177 e. The van der Waals surface area contributed by atoms with E-state index in [1.165, 1.54) is 19.3 Å². The van der Waals surface area contributed by atoms with Crippen molar-refractivity contribution in [2.24, 2.45) is 13.0 Å². The van der Waals surface area contributed by atoms with Crippen LogP contribution in [0.15, 0.2) is 6.20 Å². The summed E-state index contributed by atoms with van der Waals surface area (Å²) in [7, 11) is 1.90. The van der Waals surface area contributed by atoms with E-state index in [-0.39, 0.29) is 6.10 Å². The highest BCUT2D eigenvalue weighted by atomic mass is 32.1. The second-order valence-corrected chi connectivity index (χ2v) is 4.81. The molecule has 1 fully saturated rings. The Morgan fingerprint density at radius 1 is 1.47 bits per heavy atom. The van der Waals surface area contributed by atoms with E-state index in [1.807, 2.05) is 17.8 Å². The van der Waals surface area contributed by atoms with Gasteiger partial charge >= 0.3 is 0 Å². The van der Waals surface area contributed by atoms with Crippen molar-refractivity contribution in [2.45, 2.75) is 38.2 Å². The van der Waals surface area contributed by atoms with Gasteiger partial charge in [0, 0.05) is 13.2 Å². The van der Waals surface area contributed by atoms with E-state index >= 15 is 0 Å². The quantitative estimate of drug-likeness (QED) is 0.761. The Kier molecular flexibility index (Phi) is 3.26. The summed E-state index contributed by atoms with van der Waals surface area (Å²) in [5.41, 5.74) is 0.923. The summed E-state index contributed by atoms with van der Waals surface area (Å²) in [6.45, 7) is 0. The first-order valence-electron chi connectivity index (χ1n) is 5.62. The first-order valence-corrected chi connectivity index (χ1v) is 6.03. The molecule has 0 bridgehead atoms. The van der Waals surface area contributed by atoms with Gasteiger partial charge in [0.25, 0.3) is 0 Å². The molecule has 1 aromatic heterocycles. The van der Waals surface area contributed by atoms with Crippen LogP contribution < -0.4 is 0 Å². The Bertz CT molecular complexity index is 376. The lowest BCUT2D eigenvalue weighted by atomic mass is 9.84. The van der Waals surface area contributed by atoms with Crippen LogP contribution in [0.25, 0.3) is 0 Å². The van der Waals surface area contributed by atoms with Gasteiger partial charge in [0.05, 0.1) is 11.8 Å². The molecule has 4 heteroatoms. The largest absolute Gasteiger partial charge is 0.387 e. The Labute approximate surface area is 95.1 Å². The number of imidazole rings is 1. The average molecular weight is 226 g/mol. The predicted octanol–water partition coefficient (Wildman–Crippen LogP) is 2.70. The predicted molar refractivity (Wildman–Crippen MR) is 62.1 cm³/mol. The number of aromatic nitrogens is 2. The minimum atomic E-state index is -0.358. The summed E-state index contributed by atoms with van der Waals surface area (Å²) < 4.78 is 2.55. The third-order valence-electron chi connectivity index (χ3n) is 3.43. The average Bonchev–Trinajstić information content (AvgIpc) is 2.60. The number of rotatable bonds is 2. The lowest BCUT2D eigenvalue weighted by Gasteiger charge is -2.26. The minimum absolute atomic E-state index is 0.358. The monoisotopic (exact) mass is 226 g/mol. The van der Waals surface area contributed by atoms with Crippen molar-refractivity contribution >= 4 is 12.2 Å². The number of hydrogen-bond acceptors (Lipinski definition) is 2. The van der Waals surface area contributed by atoms with E-state index in [1.54, 1.807) is 0 Å². The number of nitrogens with zero attached hydrogens (tertiary/aromatic N) is 1. The zero-order chi connectivity index (χ0) is 10.8. The Morgan fingerprint density at radius 3 is 2.67 bits per heavy atom. The summed E-state index contributed by atoms with van der Waals surface area (Å²) in [4.78, 5) is 2.97. The second kappa shape index (κ2) is 4.49. The molecule has 3 nitrogen and oxygen atoms in total. The molecule has 1 heterocycles. The molecule has 0 radical (unpaired) electrons. The van der Waals surface area contributed by atoms with Crippen molar-refractivity contribution in [1.29, 1.82) is 0 Å². The first-order chi connectivity index (χ1) is 7.20.